The lowest BCUT2D eigenvalue weighted by Crippen LogP contribution is -2.36. The highest BCUT2D eigenvalue weighted by Crippen LogP contribution is 2.22. The number of pyridine rings is 1. The number of piperidine rings is 1. The summed E-state index contributed by atoms with van der Waals surface area (Å²) in [5, 5.41) is 7.56. The van der Waals surface area contributed by atoms with Crippen LogP contribution in [0.3, 0.4) is 0 Å². The van der Waals surface area contributed by atoms with Gasteiger partial charge in [0.2, 0.25) is 11.7 Å². The fourth-order valence-corrected chi connectivity index (χ4v) is 4.29. The Labute approximate surface area is 192 Å². The van der Waals surface area contributed by atoms with E-state index in [9.17, 15) is 4.79 Å². The number of benzene rings is 1. The number of hydrogen-bond donors (Lipinski definition) is 1. The summed E-state index contributed by atoms with van der Waals surface area (Å²) >= 11 is 0. The second-order valence-electron chi connectivity index (χ2n) is 8.57. The number of carbonyl (C=O) groups excluding carboxylic acids is 1. The maximum Gasteiger partial charge on any atom is 0.274 e. The first-order valence-corrected chi connectivity index (χ1v) is 11.5. The predicted molar refractivity (Wildman–Crippen MR) is 125 cm³/mol. The highest BCUT2D eigenvalue weighted by atomic mass is 16.5. The molecular formula is C25H28N6O2. The molecule has 1 aliphatic heterocycles. The SMILES string of the molecule is Cc1cccn2c(CNC(C)c3nc(-c4ccccc4)no3)c(C(=O)N3CCCCC3)nc12. The molecule has 4 heterocycles. The molecule has 0 radical (unpaired) electrons. The van der Waals surface area contributed by atoms with Gasteiger partial charge in [0, 0.05) is 31.4 Å². The topological polar surface area (TPSA) is 88.6 Å². The van der Waals surface area contributed by atoms with Crippen molar-refractivity contribution < 1.29 is 9.32 Å². The Morgan fingerprint density at radius 2 is 1.88 bits per heavy atom. The zero-order valence-corrected chi connectivity index (χ0v) is 19.0. The Morgan fingerprint density at radius 3 is 2.67 bits per heavy atom. The molecule has 1 saturated heterocycles. The Kier molecular flexibility index (Phi) is 5.92. The molecule has 1 N–H and O–H groups in total. The first-order chi connectivity index (χ1) is 16.1. The minimum atomic E-state index is -0.191. The van der Waals surface area contributed by atoms with Crippen LogP contribution in [0, 0.1) is 6.92 Å². The molecule has 33 heavy (non-hydrogen) atoms. The van der Waals surface area contributed by atoms with Crippen LogP contribution in [-0.4, -0.2) is 43.4 Å². The number of carbonyl (C=O) groups is 1. The number of hydrogen-bond acceptors (Lipinski definition) is 6. The predicted octanol–water partition coefficient (Wildman–Crippen LogP) is 4.17. The lowest BCUT2D eigenvalue weighted by atomic mass is 10.1. The van der Waals surface area contributed by atoms with Crippen LogP contribution in [0.4, 0.5) is 0 Å². The van der Waals surface area contributed by atoms with Crippen LogP contribution in [0.25, 0.3) is 17.0 Å². The van der Waals surface area contributed by atoms with Crippen molar-refractivity contribution in [1.82, 2.24) is 29.7 Å². The van der Waals surface area contributed by atoms with E-state index in [0.29, 0.717) is 24.0 Å². The van der Waals surface area contributed by atoms with E-state index in [1.165, 1.54) is 6.42 Å². The Morgan fingerprint density at radius 1 is 1.09 bits per heavy atom. The summed E-state index contributed by atoms with van der Waals surface area (Å²) in [7, 11) is 0. The van der Waals surface area contributed by atoms with Gasteiger partial charge in [-0.15, -0.1) is 0 Å². The maximum absolute atomic E-state index is 13.4. The molecule has 1 aliphatic rings. The van der Waals surface area contributed by atoms with E-state index in [4.69, 9.17) is 9.51 Å². The van der Waals surface area contributed by atoms with Crippen LogP contribution in [-0.2, 0) is 6.54 Å². The largest absolute Gasteiger partial charge is 0.337 e. The second kappa shape index (κ2) is 9.15. The highest BCUT2D eigenvalue weighted by molar-refractivity contribution is 5.94. The number of nitrogens with one attached hydrogen (secondary N) is 1. The zero-order chi connectivity index (χ0) is 22.8. The molecule has 0 aliphatic carbocycles. The van der Waals surface area contributed by atoms with Crippen molar-refractivity contribution in [1.29, 1.82) is 0 Å². The third kappa shape index (κ3) is 4.26. The van der Waals surface area contributed by atoms with Gasteiger partial charge in [0.15, 0.2) is 5.69 Å². The molecule has 1 fully saturated rings. The summed E-state index contributed by atoms with van der Waals surface area (Å²) in [6, 6.07) is 13.6. The van der Waals surface area contributed by atoms with Crippen LogP contribution in [0.15, 0.2) is 53.2 Å². The molecular weight excluding hydrogens is 416 g/mol. The molecule has 8 nitrogen and oxygen atoms in total. The van der Waals surface area contributed by atoms with Gasteiger partial charge in [0.1, 0.15) is 5.65 Å². The lowest BCUT2D eigenvalue weighted by molar-refractivity contribution is 0.0717. The summed E-state index contributed by atoms with van der Waals surface area (Å²) in [5.41, 5.74) is 4.12. The average Bonchev–Trinajstić information content (AvgIpc) is 3.50. The van der Waals surface area contributed by atoms with Gasteiger partial charge in [-0.05, 0) is 44.7 Å². The molecule has 0 saturated carbocycles. The standard InChI is InChI=1S/C25H28N6O2/c1-17-10-9-15-31-20(21(27-23(17)31)25(32)30-13-7-4-8-14-30)16-26-18(2)24-28-22(29-33-24)19-11-5-3-6-12-19/h3,5-6,9-12,15,18,26H,4,7-8,13-14,16H2,1-2H3. The third-order valence-electron chi connectivity index (χ3n) is 6.21. The molecule has 5 rings (SSSR count). The van der Waals surface area contributed by atoms with Crippen molar-refractivity contribution in [2.45, 2.75) is 45.7 Å². The molecule has 0 bridgehead atoms. The Bertz CT molecular complexity index is 1260. The number of aryl methyl sites for hydroxylation is 1. The molecule has 8 heteroatoms. The van der Waals surface area contributed by atoms with Crippen LogP contribution in [0.5, 0.6) is 0 Å². The van der Waals surface area contributed by atoms with Gasteiger partial charge < -0.3 is 19.1 Å². The number of rotatable bonds is 6. The van der Waals surface area contributed by atoms with Gasteiger partial charge in [0.25, 0.3) is 5.91 Å². The molecule has 0 spiro atoms. The molecule has 170 valence electrons. The minimum Gasteiger partial charge on any atom is -0.337 e. The summed E-state index contributed by atoms with van der Waals surface area (Å²) in [6.45, 7) is 6.02. The van der Waals surface area contributed by atoms with Crippen molar-refractivity contribution in [3.8, 4) is 11.4 Å². The average molecular weight is 445 g/mol. The lowest BCUT2D eigenvalue weighted by Gasteiger charge is -2.26. The van der Waals surface area contributed by atoms with Crippen LogP contribution in [0.1, 0.15) is 59.9 Å². The first-order valence-electron chi connectivity index (χ1n) is 11.5. The molecule has 1 atom stereocenters. The quantitative estimate of drug-likeness (QED) is 0.480. The van der Waals surface area contributed by atoms with E-state index in [0.717, 1.165) is 48.4 Å². The van der Waals surface area contributed by atoms with E-state index < -0.39 is 0 Å². The van der Waals surface area contributed by atoms with E-state index in [1.54, 1.807) is 0 Å². The molecule has 3 aromatic heterocycles. The Hall–Kier alpha value is -3.52. The van der Waals surface area contributed by atoms with Gasteiger partial charge >= 0.3 is 0 Å². The van der Waals surface area contributed by atoms with Gasteiger partial charge in [-0.1, -0.05) is 41.6 Å². The number of imidazole rings is 1. The van der Waals surface area contributed by atoms with Crippen LogP contribution in [0.2, 0.25) is 0 Å². The summed E-state index contributed by atoms with van der Waals surface area (Å²) < 4.78 is 7.52. The fraction of sp³-hybridized carbons (Fsp3) is 0.360. The van der Waals surface area contributed by atoms with Crippen molar-refractivity contribution in [3.63, 3.8) is 0 Å². The van der Waals surface area contributed by atoms with Crippen molar-refractivity contribution in [3.05, 3.63) is 71.5 Å². The summed E-state index contributed by atoms with van der Waals surface area (Å²) in [6.07, 6.45) is 5.23. The van der Waals surface area contributed by atoms with E-state index in [1.807, 2.05) is 71.8 Å². The van der Waals surface area contributed by atoms with Gasteiger partial charge in [-0.3, -0.25) is 4.79 Å². The zero-order valence-electron chi connectivity index (χ0n) is 19.0. The van der Waals surface area contributed by atoms with Crippen LogP contribution >= 0.6 is 0 Å². The number of likely N-dealkylation sites (tertiary alicyclic amines) is 1. The van der Waals surface area contributed by atoms with E-state index in [-0.39, 0.29) is 11.9 Å². The smallest absolute Gasteiger partial charge is 0.274 e. The molecule has 1 unspecified atom stereocenters. The highest BCUT2D eigenvalue weighted by Gasteiger charge is 2.26. The van der Waals surface area contributed by atoms with Crippen LogP contribution < -0.4 is 5.32 Å². The molecule has 1 aromatic carbocycles. The third-order valence-corrected chi connectivity index (χ3v) is 6.21. The monoisotopic (exact) mass is 444 g/mol. The molecule has 4 aromatic rings. The Balaban J connectivity index is 1.39. The number of aromatic nitrogens is 4. The fourth-order valence-electron chi connectivity index (χ4n) is 4.29. The van der Waals surface area contributed by atoms with Crippen molar-refractivity contribution >= 4 is 11.6 Å². The normalized spacial score (nSPS) is 15.2. The first kappa shape index (κ1) is 21.3. The number of amides is 1. The maximum atomic E-state index is 13.4. The number of nitrogens with zero attached hydrogens (tertiary/aromatic N) is 5. The number of fused-ring (bicyclic) bond motifs is 1. The van der Waals surface area contributed by atoms with Gasteiger partial charge in [-0.2, -0.15) is 4.98 Å². The van der Waals surface area contributed by atoms with Gasteiger partial charge in [-0.25, -0.2) is 4.98 Å². The second-order valence-corrected chi connectivity index (χ2v) is 8.57. The summed E-state index contributed by atoms with van der Waals surface area (Å²) in [4.78, 5) is 24.6. The van der Waals surface area contributed by atoms with Crippen molar-refractivity contribution in [2.75, 3.05) is 13.1 Å². The summed E-state index contributed by atoms with van der Waals surface area (Å²) in [5.74, 6) is 1.07. The van der Waals surface area contributed by atoms with E-state index in [2.05, 4.69) is 15.5 Å². The van der Waals surface area contributed by atoms with Crippen molar-refractivity contribution in [2.24, 2.45) is 0 Å². The van der Waals surface area contributed by atoms with E-state index >= 15 is 0 Å². The van der Waals surface area contributed by atoms with Gasteiger partial charge in [0.05, 0.1) is 11.7 Å². The molecule has 1 amide bonds. The minimum absolute atomic E-state index is 0.00593.